The first-order chi connectivity index (χ1) is 15.2. The lowest BCUT2D eigenvalue weighted by molar-refractivity contribution is -0.132. The minimum atomic E-state index is 0.00953. The van der Waals surface area contributed by atoms with E-state index in [1.807, 2.05) is 36.4 Å². The van der Waals surface area contributed by atoms with Crippen LogP contribution in [0.2, 0.25) is 0 Å². The topological polar surface area (TPSA) is 86.4 Å². The van der Waals surface area contributed by atoms with E-state index < -0.39 is 0 Å². The zero-order valence-corrected chi connectivity index (χ0v) is 17.6. The van der Waals surface area contributed by atoms with E-state index >= 15 is 0 Å². The Hall–Kier alpha value is -3.34. The summed E-state index contributed by atoms with van der Waals surface area (Å²) >= 11 is 1.28. The number of aromatic hydroxyl groups is 1. The van der Waals surface area contributed by atoms with Crippen LogP contribution < -0.4 is 0 Å². The van der Waals surface area contributed by atoms with Crippen LogP contribution in [0.25, 0.3) is 22.4 Å². The molecule has 0 bridgehead atoms. The third kappa shape index (κ3) is 4.88. The summed E-state index contributed by atoms with van der Waals surface area (Å²) in [6, 6.07) is 20.6. The SMILES string of the molecule is N#Cc1c(-c2ccc(O)cc2)cc(-c2ccccc2)nc1SCC(=O)N1CCOCC1. The van der Waals surface area contributed by atoms with Crippen LogP contribution in [0.1, 0.15) is 5.56 Å². The number of phenolic OH excluding ortho intramolecular Hbond substituents is 1. The van der Waals surface area contributed by atoms with Crippen LogP contribution in [0.3, 0.4) is 0 Å². The maximum atomic E-state index is 12.6. The number of nitriles is 1. The summed E-state index contributed by atoms with van der Waals surface area (Å²) in [6.07, 6.45) is 0. The largest absolute Gasteiger partial charge is 0.508 e. The highest BCUT2D eigenvalue weighted by Crippen LogP contribution is 2.34. The number of morpholine rings is 1. The first-order valence-corrected chi connectivity index (χ1v) is 10.9. The van der Waals surface area contributed by atoms with Gasteiger partial charge in [0.15, 0.2) is 0 Å². The molecule has 1 aliphatic heterocycles. The summed E-state index contributed by atoms with van der Waals surface area (Å²) in [5.74, 6) is 0.371. The highest BCUT2D eigenvalue weighted by Gasteiger charge is 2.20. The molecule has 31 heavy (non-hydrogen) atoms. The molecule has 1 saturated heterocycles. The summed E-state index contributed by atoms with van der Waals surface area (Å²) < 4.78 is 5.31. The van der Waals surface area contributed by atoms with Crippen molar-refractivity contribution in [2.24, 2.45) is 0 Å². The van der Waals surface area contributed by atoms with Crippen LogP contribution in [-0.2, 0) is 9.53 Å². The monoisotopic (exact) mass is 431 g/mol. The quantitative estimate of drug-likeness (QED) is 0.616. The molecule has 0 radical (unpaired) electrons. The molecule has 4 rings (SSSR count). The van der Waals surface area contributed by atoms with Gasteiger partial charge in [-0.3, -0.25) is 4.79 Å². The number of benzene rings is 2. The Kier molecular flexibility index (Phi) is 6.51. The van der Waals surface area contributed by atoms with E-state index in [1.54, 1.807) is 29.2 Å². The van der Waals surface area contributed by atoms with E-state index in [0.29, 0.717) is 36.9 Å². The third-order valence-corrected chi connectivity index (χ3v) is 6.00. The molecule has 1 aliphatic rings. The Morgan fingerprint density at radius 2 is 1.81 bits per heavy atom. The van der Waals surface area contributed by atoms with Gasteiger partial charge in [0.2, 0.25) is 5.91 Å². The molecule has 0 saturated carbocycles. The number of carbonyl (C=O) groups is 1. The van der Waals surface area contributed by atoms with Gasteiger partial charge in [-0.15, -0.1) is 0 Å². The Morgan fingerprint density at radius 3 is 2.48 bits per heavy atom. The normalized spacial score (nSPS) is 13.6. The molecule has 1 amide bonds. The van der Waals surface area contributed by atoms with Gasteiger partial charge >= 0.3 is 0 Å². The van der Waals surface area contributed by atoms with Crippen molar-refractivity contribution in [1.82, 2.24) is 9.88 Å². The number of rotatable bonds is 5. The number of pyridine rings is 1. The van der Waals surface area contributed by atoms with Gasteiger partial charge in [-0.05, 0) is 23.8 Å². The highest BCUT2D eigenvalue weighted by atomic mass is 32.2. The van der Waals surface area contributed by atoms with Crippen LogP contribution in [0.4, 0.5) is 0 Å². The summed E-state index contributed by atoms with van der Waals surface area (Å²) in [5.41, 5.74) is 3.59. The Bertz CT molecular complexity index is 1110. The van der Waals surface area contributed by atoms with E-state index in [1.165, 1.54) is 11.8 Å². The fourth-order valence-corrected chi connectivity index (χ4v) is 4.30. The summed E-state index contributed by atoms with van der Waals surface area (Å²) in [6.45, 7) is 2.26. The highest BCUT2D eigenvalue weighted by molar-refractivity contribution is 8.00. The van der Waals surface area contributed by atoms with Crippen LogP contribution in [0, 0.1) is 11.3 Å². The van der Waals surface area contributed by atoms with Crippen molar-refractivity contribution in [3.05, 3.63) is 66.2 Å². The van der Waals surface area contributed by atoms with E-state index in [0.717, 1.165) is 22.4 Å². The average Bonchev–Trinajstić information content (AvgIpc) is 2.83. The minimum absolute atomic E-state index is 0.00953. The molecule has 2 aromatic carbocycles. The number of thioether (sulfide) groups is 1. The molecule has 0 atom stereocenters. The second-order valence-electron chi connectivity index (χ2n) is 7.04. The summed E-state index contributed by atoms with van der Waals surface area (Å²) in [4.78, 5) is 19.1. The first-order valence-electron chi connectivity index (χ1n) is 9.94. The number of ether oxygens (including phenoxy) is 1. The molecule has 2 heterocycles. The maximum Gasteiger partial charge on any atom is 0.233 e. The van der Waals surface area contributed by atoms with Crippen LogP contribution in [-0.4, -0.2) is 53.0 Å². The van der Waals surface area contributed by atoms with E-state index in [4.69, 9.17) is 9.72 Å². The molecule has 0 spiro atoms. The molecule has 7 heteroatoms. The standard InChI is InChI=1S/C24H21N3O3S/c25-15-21-20(17-6-8-19(28)9-7-17)14-22(18-4-2-1-3-5-18)26-24(21)31-16-23(29)27-10-12-30-13-11-27/h1-9,14,28H,10-13,16H2. The molecule has 0 unspecified atom stereocenters. The molecular formula is C24H21N3O3S. The minimum Gasteiger partial charge on any atom is -0.508 e. The molecule has 3 aromatic rings. The fraction of sp³-hybridized carbons (Fsp3) is 0.208. The van der Waals surface area contributed by atoms with Crippen molar-refractivity contribution >= 4 is 17.7 Å². The first kappa shape index (κ1) is 20.9. The van der Waals surface area contributed by atoms with Gasteiger partial charge in [0.05, 0.1) is 30.2 Å². The average molecular weight is 432 g/mol. The van der Waals surface area contributed by atoms with Crippen molar-refractivity contribution < 1.29 is 14.6 Å². The van der Waals surface area contributed by atoms with E-state index in [2.05, 4.69) is 6.07 Å². The number of nitrogens with zero attached hydrogens (tertiary/aromatic N) is 3. The van der Waals surface area contributed by atoms with Gasteiger partial charge < -0.3 is 14.7 Å². The Balaban J connectivity index is 1.72. The molecule has 1 N–H and O–H groups in total. The predicted octanol–water partition coefficient (Wildman–Crippen LogP) is 3.94. The molecular weight excluding hydrogens is 410 g/mol. The Morgan fingerprint density at radius 1 is 1.10 bits per heavy atom. The smallest absolute Gasteiger partial charge is 0.233 e. The second kappa shape index (κ2) is 9.65. The van der Waals surface area contributed by atoms with Gasteiger partial charge in [-0.25, -0.2) is 4.98 Å². The number of carbonyl (C=O) groups excluding carboxylic acids is 1. The van der Waals surface area contributed by atoms with E-state index in [-0.39, 0.29) is 17.4 Å². The molecule has 6 nitrogen and oxygen atoms in total. The van der Waals surface area contributed by atoms with Crippen molar-refractivity contribution in [2.75, 3.05) is 32.1 Å². The lowest BCUT2D eigenvalue weighted by atomic mass is 9.99. The van der Waals surface area contributed by atoms with Gasteiger partial charge in [-0.2, -0.15) is 5.26 Å². The van der Waals surface area contributed by atoms with E-state index in [9.17, 15) is 15.2 Å². The number of phenols is 1. The van der Waals surface area contributed by atoms with Gasteiger partial charge in [0, 0.05) is 24.2 Å². The van der Waals surface area contributed by atoms with Gasteiger partial charge in [-0.1, -0.05) is 54.2 Å². The number of hydrogen-bond donors (Lipinski definition) is 1. The second-order valence-corrected chi connectivity index (χ2v) is 8.01. The third-order valence-electron chi connectivity index (χ3n) is 5.04. The summed E-state index contributed by atoms with van der Waals surface area (Å²) in [5, 5.41) is 20.1. The predicted molar refractivity (Wildman–Crippen MR) is 120 cm³/mol. The van der Waals surface area contributed by atoms with Crippen LogP contribution in [0.5, 0.6) is 5.75 Å². The van der Waals surface area contributed by atoms with Crippen molar-refractivity contribution in [3.63, 3.8) is 0 Å². The molecule has 1 fully saturated rings. The van der Waals surface area contributed by atoms with Crippen molar-refractivity contribution in [3.8, 4) is 34.2 Å². The van der Waals surface area contributed by atoms with Crippen LogP contribution in [0.15, 0.2) is 65.7 Å². The zero-order chi connectivity index (χ0) is 21.6. The maximum absolute atomic E-state index is 12.6. The van der Waals surface area contributed by atoms with Gasteiger partial charge in [0.1, 0.15) is 16.8 Å². The van der Waals surface area contributed by atoms with Crippen molar-refractivity contribution in [1.29, 1.82) is 5.26 Å². The lowest BCUT2D eigenvalue weighted by Gasteiger charge is -2.26. The number of hydrogen-bond acceptors (Lipinski definition) is 6. The number of amides is 1. The van der Waals surface area contributed by atoms with Crippen molar-refractivity contribution in [2.45, 2.75) is 5.03 Å². The lowest BCUT2D eigenvalue weighted by Crippen LogP contribution is -2.41. The Labute approximate surface area is 185 Å². The molecule has 0 aliphatic carbocycles. The molecule has 156 valence electrons. The zero-order valence-electron chi connectivity index (χ0n) is 16.8. The summed E-state index contributed by atoms with van der Waals surface area (Å²) in [7, 11) is 0. The van der Waals surface area contributed by atoms with Crippen LogP contribution >= 0.6 is 11.8 Å². The van der Waals surface area contributed by atoms with Gasteiger partial charge in [0.25, 0.3) is 0 Å². The fourth-order valence-electron chi connectivity index (χ4n) is 3.39. The number of aromatic nitrogens is 1. The molecule has 1 aromatic heterocycles.